The topological polar surface area (TPSA) is 33.4 Å². The molecule has 57 heavy (non-hydrogen) atoms. The molecule has 1 aliphatic heterocycles. The highest BCUT2D eigenvalue weighted by Gasteiger charge is 2.07. The normalized spacial score (nSPS) is 12.1. The fraction of sp³-hybridized carbons (Fsp3) is 0.609. The summed E-state index contributed by atoms with van der Waals surface area (Å²) in [5.41, 5.74) is 3.89. The van der Waals surface area contributed by atoms with Gasteiger partial charge in [0.15, 0.2) is 36.7 Å². The molecule has 0 bridgehead atoms. The van der Waals surface area contributed by atoms with Crippen LogP contribution >= 0.6 is 0 Å². The number of rotatable bonds is 0. The van der Waals surface area contributed by atoms with Gasteiger partial charge in [0.2, 0.25) is 6.33 Å². The summed E-state index contributed by atoms with van der Waals surface area (Å²) in [6.45, 7) is 11.2. The number of quaternary nitrogens is 2. The Morgan fingerprint density at radius 2 is 0.895 bits per heavy atom. The first kappa shape index (κ1) is 60.1. The number of pyridine rings is 3. The summed E-state index contributed by atoms with van der Waals surface area (Å²) < 4.78 is 12.1. The number of aromatic nitrogens is 5. The third kappa shape index (κ3) is 61.8. The number of likely N-dealkylation sites (N-methyl/N-ethyl adjacent to an activating group) is 2. The first-order valence-electron chi connectivity index (χ1n) is 19.8. The summed E-state index contributed by atoms with van der Waals surface area (Å²) >= 11 is 0. The van der Waals surface area contributed by atoms with Gasteiger partial charge in [0.1, 0.15) is 33.5 Å². The summed E-state index contributed by atoms with van der Waals surface area (Å²) in [7, 11) is 43.4. The van der Waals surface area contributed by atoms with E-state index in [0.29, 0.717) is 0 Å². The molecule has 0 unspecified atom stereocenters. The van der Waals surface area contributed by atoms with Gasteiger partial charge in [0.05, 0.1) is 70.5 Å². The molecule has 4 aromatic rings. The Bertz CT molecular complexity index is 1340. The van der Waals surface area contributed by atoms with Crippen LogP contribution in [0.2, 0.25) is 0 Å². The van der Waals surface area contributed by atoms with Crippen LogP contribution in [0.4, 0.5) is 0 Å². The molecule has 0 amide bonds. The van der Waals surface area contributed by atoms with Gasteiger partial charge in [-0.3, -0.25) is 0 Å². The van der Waals surface area contributed by atoms with Gasteiger partial charge >= 0.3 is 0 Å². The monoisotopic (exact) mass is 802 g/mol. The average Bonchev–Trinajstić information content (AvgIpc) is 3.42. The molecular formula is C46H95N11+6. The molecule has 0 aromatic carbocycles. The summed E-state index contributed by atoms with van der Waals surface area (Å²) in [5.74, 6) is 0. The van der Waals surface area contributed by atoms with E-state index >= 15 is 0 Å². The van der Waals surface area contributed by atoms with Crippen LogP contribution in [-0.2, 0) is 35.2 Å². The van der Waals surface area contributed by atoms with Crippen molar-refractivity contribution in [3.8, 4) is 0 Å². The van der Waals surface area contributed by atoms with Gasteiger partial charge in [-0.25, -0.2) is 22.8 Å². The van der Waals surface area contributed by atoms with E-state index in [1.807, 2.05) is 167 Å². The van der Waals surface area contributed by atoms with Crippen LogP contribution in [-0.4, -0.2) is 172 Å². The first-order chi connectivity index (χ1) is 25.9. The van der Waals surface area contributed by atoms with Crippen molar-refractivity contribution in [2.24, 2.45) is 35.2 Å². The van der Waals surface area contributed by atoms with Crippen molar-refractivity contribution < 1.29 is 27.2 Å². The van der Waals surface area contributed by atoms with Crippen LogP contribution in [0.1, 0.15) is 16.8 Å². The van der Waals surface area contributed by atoms with Gasteiger partial charge in [0.25, 0.3) is 0 Å². The molecule has 5 heterocycles. The number of hydrogen-bond acceptors (Lipinski definition) is 4. The van der Waals surface area contributed by atoms with Crippen molar-refractivity contribution in [2.45, 2.75) is 20.8 Å². The second kappa shape index (κ2) is 34.5. The van der Waals surface area contributed by atoms with Crippen molar-refractivity contribution in [3.63, 3.8) is 0 Å². The van der Waals surface area contributed by atoms with Crippen molar-refractivity contribution >= 4 is 0 Å². The quantitative estimate of drug-likeness (QED) is 0.203. The third-order valence-corrected chi connectivity index (χ3v) is 6.18. The average molecular weight is 802 g/mol. The molecular weight excluding hydrogens is 707 g/mol. The minimum absolute atomic E-state index is 1.00. The van der Waals surface area contributed by atoms with E-state index in [4.69, 9.17) is 0 Å². The van der Waals surface area contributed by atoms with Crippen LogP contribution in [0.25, 0.3) is 0 Å². The standard InChI is InChI=1S/3C7H10N.C6H14N2.C5H9N2.2C4H12N.2C3H9N/c1-7-3-5-8(2)6-4-7;1-7-4-3-5-8(2)6-7;1-7-5-3-4-6-8(7)2;1-7-3-5-8(2)6-4-7;1-6-3-4-7(2)5-6;2*1-5(2,3)4;2*1-4(2)3/h3*3-6H,1-2H3;3-6H2,1-2H3;3-5H,1-2H3;2*1-4H3;2*1-3H3/q3*+1;;3*+1;;. The van der Waals surface area contributed by atoms with Gasteiger partial charge in [-0.05, 0) is 81.9 Å². The van der Waals surface area contributed by atoms with Crippen molar-refractivity contribution in [1.82, 2.24) is 24.2 Å². The number of piperazine rings is 1. The van der Waals surface area contributed by atoms with Crippen molar-refractivity contribution in [2.75, 3.05) is 139 Å². The number of aryl methyl sites for hydroxylation is 8. The Labute approximate surface area is 354 Å². The summed E-state index contributed by atoms with van der Waals surface area (Å²) in [6, 6.07) is 14.4. The summed E-state index contributed by atoms with van der Waals surface area (Å²) in [6.07, 6.45) is 16.2. The van der Waals surface area contributed by atoms with E-state index < -0.39 is 0 Å². The number of nitrogens with zero attached hydrogens (tertiary/aromatic N) is 11. The largest absolute Gasteiger partial charge is 0.333 e. The molecule has 1 aliphatic rings. The molecule has 11 nitrogen and oxygen atoms in total. The summed E-state index contributed by atoms with van der Waals surface area (Å²) in [4.78, 5) is 8.72. The zero-order valence-corrected chi connectivity index (χ0v) is 41.9. The fourth-order valence-corrected chi connectivity index (χ4v) is 3.40. The predicted octanol–water partition coefficient (Wildman–Crippen LogP) is 3.17. The maximum Gasteiger partial charge on any atom is 0.243 e. The van der Waals surface area contributed by atoms with E-state index in [9.17, 15) is 0 Å². The Balaban J connectivity index is -0.000000281. The van der Waals surface area contributed by atoms with Crippen LogP contribution < -0.4 is 18.3 Å². The van der Waals surface area contributed by atoms with E-state index in [1.54, 1.807) is 0 Å². The molecule has 0 saturated carbocycles. The molecule has 4 aromatic heterocycles. The fourth-order valence-electron chi connectivity index (χ4n) is 3.40. The highest BCUT2D eigenvalue weighted by molar-refractivity contribution is 5.03. The maximum atomic E-state index is 2.36. The van der Waals surface area contributed by atoms with E-state index in [2.05, 4.69) is 136 Å². The predicted molar refractivity (Wildman–Crippen MR) is 246 cm³/mol. The van der Waals surface area contributed by atoms with E-state index in [-0.39, 0.29) is 0 Å². The highest BCUT2D eigenvalue weighted by atomic mass is 15.3. The number of hydrogen-bond donors (Lipinski definition) is 0. The highest BCUT2D eigenvalue weighted by Crippen LogP contribution is 1.93. The molecule has 0 aliphatic carbocycles. The maximum absolute atomic E-state index is 2.36. The molecule has 1 saturated heterocycles. The van der Waals surface area contributed by atoms with Gasteiger partial charge in [-0.1, -0.05) is 6.07 Å². The lowest BCUT2D eigenvalue weighted by atomic mass is 10.3. The first-order valence-corrected chi connectivity index (χ1v) is 19.8. The Morgan fingerprint density at radius 1 is 0.491 bits per heavy atom. The lowest BCUT2D eigenvalue weighted by Crippen LogP contribution is -2.42. The van der Waals surface area contributed by atoms with E-state index in [0.717, 1.165) is 8.97 Å². The smallest absolute Gasteiger partial charge is 0.243 e. The molecule has 5 rings (SSSR count). The zero-order chi connectivity index (χ0) is 45.4. The molecule has 11 heteroatoms. The Hall–Kier alpha value is -3.58. The molecule has 0 N–H and O–H groups in total. The van der Waals surface area contributed by atoms with Gasteiger partial charge in [-0.15, -0.1) is 0 Å². The van der Waals surface area contributed by atoms with Gasteiger partial charge < -0.3 is 28.6 Å². The molecule has 1 fully saturated rings. The minimum atomic E-state index is 1.00. The molecule has 0 spiro atoms. The lowest BCUT2D eigenvalue weighted by Gasteiger charge is -2.28. The lowest BCUT2D eigenvalue weighted by molar-refractivity contribution is -0.849. The zero-order valence-electron chi connectivity index (χ0n) is 41.9. The van der Waals surface area contributed by atoms with Crippen LogP contribution in [0, 0.1) is 20.8 Å². The number of imidazole rings is 1. The van der Waals surface area contributed by atoms with E-state index in [1.165, 1.54) is 43.0 Å². The van der Waals surface area contributed by atoms with Crippen LogP contribution in [0.15, 0.2) is 92.2 Å². The van der Waals surface area contributed by atoms with Crippen molar-refractivity contribution in [1.29, 1.82) is 0 Å². The third-order valence-electron chi connectivity index (χ3n) is 6.18. The second-order valence-corrected chi connectivity index (χ2v) is 18.4. The van der Waals surface area contributed by atoms with Gasteiger partial charge in [0, 0.05) is 69.0 Å². The van der Waals surface area contributed by atoms with Crippen molar-refractivity contribution in [3.05, 3.63) is 109 Å². The summed E-state index contributed by atoms with van der Waals surface area (Å²) in [5, 5.41) is 0. The molecule has 328 valence electrons. The van der Waals surface area contributed by atoms with Crippen LogP contribution in [0.5, 0.6) is 0 Å². The van der Waals surface area contributed by atoms with Gasteiger partial charge in [-0.2, -0.15) is 0 Å². The molecule has 0 radical (unpaired) electrons. The SMILES string of the molecule is CN(C)C.CN(C)C.CN1CCN(C)CC1.C[N+](C)(C)C.C[N+](C)(C)C.Cc1cc[n+](C)cc1.Cc1ccc[n+](C)c1.Cc1cccc[n+]1C.Cn1cc[n+](C)c1. The Kier molecular flexibility index (Phi) is 36.3. The second-order valence-electron chi connectivity index (χ2n) is 18.4. The van der Waals surface area contributed by atoms with Crippen LogP contribution in [0.3, 0.4) is 0 Å². The minimum Gasteiger partial charge on any atom is -0.333 e. The Morgan fingerprint density at radius 3 is 1.11 bits per heavy atom. The molecule has 0 atom stereocenters.